The van der Waals surface area contributed by atoms with E-state index in [1.54, 1.807) is 0 Å². The molecular formula is C23H19N5OS. The van der Waals surface area contributed by atoms with Crippen molar-refractivity contribution in [3.63, 3.8) is 0 Å². The summed E-state index contributed by atoms with van der Waals surface area (Å²) in [6.45, 7) is 3.32. The van der Waals surface area contributed by atoms with E-state index in [2.05, 4.69) is 33.0 Å². The molecule has 7 heteroatoms. The highest BCUT2D eigenvalue weighted by Gasteiger charge is 2.25. The predicted octanol–water partition coefficient (Wildman–Crippen LogP) is 3.65. The van der Waals surface area contributed by atoms with Gasteiger partial charge in [0.2, 0.25) is 0 Å². The van der Waals surface area contributed by atoms with Crippen LogP contribution in [0.15, 0.2) is 71.8 Å². The van der Waals surface area contributed by atoms with Gasteiger partial charge >= 0.3 is 0 Å². The van der Waals surface area contributed by atoms with Gasteiger partial charge in [-0.15, -0.1) is 11.3 Å². The molecule has 30 heavy (non-hydrogen) atoms. The average molecular weight is 414 g/mol. The Hall–Kier alpha value is -3.63. The molecule has 0 aliphatic carbocycles. The fourth-order valence-corrected chi connectivity index (χ4v) is 5.05. The van der Waals surface area contributed by atoms with Crippen molar-refractivity contribution in [1.82, 2.24) is 9.55 Å². The van der Waals surface area contributed by atoms with Crippen LogP contribution < -0.4 is 15.4 Å². The summed E-state index contributed by atoms with van der Waals surface area (Å²) >= 11 is 1.38. The third-order valence-corrected chi connectivity index (χ3v) is 6.64. The van der Waals surface area contributed by atoms with E-state index in [4.69, 9.17) is 0 Å². The Balaban J connectivity index is 1.49. The van der Waals surface area contributed by atoms with Gasteiger partial charge in [-0.05, 0) is 24.3 Å². The molecule has 0 unspecified atom stereocenters. The molecule has 0 radical (unpaired) electrons. The van der Waals surface area contributed by atoms with E-state index in [9.17, 15) is 10.1 Å². The number of hydrogen-bond acceptors (Lipinski definition) is 6. The van der Waals surface area contributed by atoms with Crippen LogP contribution >= 0.6 is 11.3 Å². The molecule has 5 rings (SSSR count). The number of rotatable bonds is 3. The standard InChI is InChI=1S/C23H19N5OS/c24-15-19-20-21(22(29)28(16-25-20)18-9-5-2-6-10-18)30-23(19)27-13-11-26(12-14-27)17-7-3-1-4-8-17/h1-10,16H,11-14H2. The van der Waals surface area contributed by atoms with Gasteiger partial charge in [0.15, 0.2) is 0 Å². The number of benzene rings is 2. The Morgan fingerprint density at radius 2 is 1.47 bits per heavy atom. The Morgan fingerprint density at radius 1 is 0.867 bits per heavy atom. The number of nitriles is 1. The van der Waals surface area contributed by atoms with E-state index in [0.29, 0.717) is 15.8 Å². The van der Waals surface area contributed by atoms with Crippen molar-refractivity contribution in [3.8, 4) is 11.8 Å². The molecule has 1 fully saturated rings. The van der Waals surface area contributed by atoms with Crippen molar-refractivity contribution >= 4 is 32.2 Å². The van der Waals surface area contributed by atoms with E-state index in [-0.39, 0.29) is 5.56 Å². The van der Waals surface area contributed by atoms with Crippen LogP contribution in [-0.2, 0) is 0 Å². The van der Waals surface area contributed by atoms with Gasteiger partial charge in [-0.2, -0.15) is 5.26 Å². The molecule has 6 nitrogen and oxygen atoms in total. The molecule has 148 valence electrons. The van der Waals surface area contributed by atoms with Gasteiger partial charge in [0, 0.05) is 31.9 Å². The molecule has 0 spiro atoms. The number of piperazine rings is 1. The Bertz CT molecular complexity index is 1280. The van der Waals surface area contributed by atoms with Gasteiger partial charge < -0.3 is 9.80 Å². The van der Waals surface area contributed by atoms with Gasteiger partial charge in [0.25, 0.3) is 5.56 Å². The second kappa shape index (κ2) is 7.65. The summed E-state index contributed by atoms with van der Waals surface area (Å²) in [7, 11) is 0. The number of para-hydroxylation sites is 2. The van der Waals surface area contributed by atoms with Crippen molar-refractivity contribution < 1.29 is 0 Å². The number of anilines is 2. The molecule has 1 aliphatic rings. The summed E-state index contributed by atoms with van der Waals surface area (Å²) in [4.78, 5) is 22.2. The zero-order valence-electron chi connectivity index (χ0n) is 16.2. The highest BCUT2D eigenvalue weighted by atomic mass is 32.1. The maximum atomic E-state index is 13.1. The molecule has 0 bridgehead atoms. The summed E-state index contributed by atoms with van der Waals surface area (Å²) in [5, 5.41) is 10.7. The minimum Gasteiger partial charge on any atom is -0.368 e. The molecule has 3 heterocycles. The van der Waals surface area contributed by atoms with Gasteiger partial charge in [0.05, 0.1) is 5.69 Å². The van der Waals surface area contributed by atoms with Crippen LogP contribution in [-0.4, -0.2) is 35.7 Å². The summed E-state index contributed by atoms with van der Waals surface area (Å²) in [6.07, 6.45) is 1.52. The first-order valence-electron chi connectivity index (χ1n) is 9.81. The van der Waals surface area contributed by atoms with Crippen LogP contribution in [0.5, 0.6) is 0 Å². The SMILES string of the molecule is N#Cc1c(N2CCN(c3ccccc3)CC2)sc2c(=O)n(-c3ccccc3)cnc12. The molecule has 2 aromatic carbocycles. The van der Waals surface area contributed by atoms with Crippen molar-refractivity contribution in [2.45, 2.75) is 0 Å². The van der Waals surface area contributed by atoms with Crippen molar-refractivity contribution in [2.75, 3.05) is 36.0 Å². The number of hydrogen-bond donors (Lipinski definition) is 0. The fourth-order valence-electron chi connectivity index (χ4n) is 3.86. The number of fused-ring (bicyclic) bond motifs is 1. The summed E-state index contributed by atoms with van der Waals surface area (Å²) in [5.41, 5.74) is 2.84. The third-order valence-electron chi connectivity index (χ3n) is 5.41. The molecule has 0 saturated carbocycles. The van der Waals surface area contributed by atoms with E-state index in [1.807, 2.05) is 48.5 Å². The van der Waals surface area contributed by atoms with Crippen LogP contribution in [0.1, 0.15) is 5.56 Å². The summed E-state index contributed by atoms with van der Waals surface area (Å²) < 4.78 is 2.07. The minimum atomic E-state index is -0.137. The topological polar surface area (TPSA) is 65.2 Å². The van der Waals surface area contributed by atoms with E-state index in [1.165, 1.54) is 27.9 Å². The average Bonchev–Trinajstić information content (AvgIpc) is 3.20. The molecular weight excluding hydrogens is 394 g/mol. The lowest BCUT2D eigenvalue weighted by Crippen LogP contribution is -2.46. The Morgan fingerprint density at radius 3 is 2.10 bits per heavy atom. The van der Waals surface area contributed by atoms with Gasteiger partial charge in [-0.25, -0.2) is 4.98 Å². The predicted molar refractivity (Wildman–Crippen MR) is 121 cm³/mol. The van der Waals surface area contributed by atoms with Crippen LogP contribution in [0.3, 0.4) is 0 Å². The fraction of sp³-hybridized carbons (Fsp3) is 0.174. The first kappa shape index (κ1) is 18.4. The molecule has 0 amide bonds. The zero-order valence-corrected chi connectivity index (χ0v) is 17.0. The maximum absolute atomic E-state index is 13.1. The molecule has 1 aliphatic heterocycles. The van der Waals surface area contributed by atoms with Gasteiger partial charge in [-0.3, -0.25) is 9.36 Å². The van der Waals surface area contributed by atoms with E-state index in [0.717, 1.165) is 36.9 Å². The Labute approximate surface area is 177 Å². The number of thiophene rings is 1. The quantitative estimate of drug-likeness (QED) is 0.513. The largest absolute Gasteiger partial charge is 0.368 e. The first-order chi connectivity index (χ1) is 14.8. The maximum Gasteiger partial charge on any atom is 0.275 e. The molecule has 4 aromatic rings. The molecule has 0 N–H and O–H groups in total. The summed E-state index contributed by atoms with van der Waals surface area (Å²) in [6, 6.07) is 22.1. The highest BCUT2D eigenvalue weighted by Crippen LogP contribution is 2.36. The lowest BCUT2D eigenvalue weighted by molar-refractivity contribution is 0.657. The van der Waals surface area contributed by atoms with Crippen LogP contribution in [0, 0.1) is 11.3 Å². The molecule has 2 aromatic heterocycles. The third kappa shape index (κ3) is 3.11. The smallest absolute Gasteiger partial charge is 0.275 e. The lowest BCUT2D eigenvalue weighted by Gasteiger charge is -2.36. The van der Waals surface area contributed by atoms with Gasteiger partial charge in [-0.1, -0.05) is 36.4 Å². The second-order valence-corrected chi connectivity index (χ2v) is 8.14. The summed E-state index contributed by atoms with van der Waals surface area (Å²) in [5.74, 6) is 0. The lowest BCUT2D eigenvalue weighted by atomic mass is 10.2. The zero-order chi connectivity index (χ0) is 20.5. The van der Waals surface area contributed by atoms with E-state index >= 15 is 0 Å². The van der Waals surface area contributed by atoms with Gasteiger partial charge in [0.1, 0.15) is 33.2 Å². The number of nitrogens with zero attached hydrogens (tertiary/aromatic N) is 5. The first-order valence-corrected chi connectivity index (χ1v) is 10.6. The second-order valence-electron chi connectivity index (χ2n) is 7.14. The van der Waals surface area contributed by atoms with Crippen molar-refractivity contribution in [3.05, 3.63) is 82.9 Å². The Kier molecular flexibility index (Phi) is 4.69. The van der Waals surface area contributed by atoms with Crippen LogP contribution in [0.4, 0.5) is 10.7 Å². The minimum absolute atomic E-state index is 0.137. The van der Waals surface area contributed by atoms with Crippen LogP contribution in [0.25, 0.3) is 15.9 Å². The van der Waals surface area contributed by atoms with Crippen LogP contribution in [0.2, 0.25) is 0 Å². The number of aromatic nitrogens is 2. The monoisotopic (exact) mass is 413 g/mol. The van der Waals surface area contributed by atoms with Crippen molar-refractivity contribution in [1.29, 1.82) is 5.26 Å². The normalized spacial score (nSPS) is 14.1. The molecule has 0 atom stereocenters. The van der Waals surface area contributed by atoms with E-state index < -0.39 is 0 Å². The van der Waals surface area contributed by atoms with Crippen molar-refractivity contribution in [2.24, 2.45) is 0 Å². The highest BCUT2D eigenvalue weighted by molar-refractivity contribution is 7.23. The molecule has 1 saturated heterocycles.